The van der Waals surface area contributed by atoms with Crippen LogP contribution >= 0.6 is 0 Å². The van der Waals surface area contributed by atoms with Crippen LogP contribution in [-0.2, 0) is 13.1 Å². The minimum Gasteiger partial charge on any atom is -0.342 e. The van der Waals surface area contributed by atoms with Crippen molar-refractivity contribution in [2.24, 2.45) is 0 Å². The number of aromatic nitrogens is 5. The maximum Gasteiger partial charge on any atom is 0.293 e. The fourth-order valence-corrected chi connectivity index (χ4v) is 3.47. The van der Waals surface area contributed by atoms with E-state index in [1.54, 1.807) is 19.3 Å². The first kappa shape index (κ1) is 17.3. The van der Waals surface area contributed by atoms with Gasteiger partial charge in [0.05, 0.1) is 25.0 Å². The number of imidazole rings is 1. The summed E-state index contributed by atoms with van der Waals surface area (Å²) in [5.41, 5.74) is 1.81. The standard InChI is InChI=1S/C20H22N6O/c1-2-3-13-25-18-17(23-20(25)24-11-7-4-8-12-24)14-22-26(19(18)27)15-16-9-5-6-10-21-16/h5-6,9-10,14H,4,7-8,11-13,15H2,1H3. The number of nitrogens with zero attached hydrogens (tertiary/aromatic N) is 6. The van der Waals surface area contributed by atoms with Crippen molar-refractivity contribution in [2.45, 2.75) is 39.3 Å². The van der Waals surface area contributed by atoms with Gasteiger partial charge in [-0.05, 0) is 38.3 Å². The summed E-state index contributed by atoms with van der Waals surface area (Å²) < 4.78 is 3.39. The topological polar surface area (TPSA) is 68.8 Å². The minimum atomic E-state index is -0.160. The molecule has 1 aliphatic heterocycles. The number of hydrogen-bond donors (Lipinski definition) is 0. The lowest BCUT2D eigenvalue weighted by molar-refractivity contribution is 0.561. The van der Waals surface area contributed by atoms with Crippen LogP contribution in [0, 0.1) is 11.8 Å². The third-order valence-electron chi connectivity index (χ3n) is 4.82. The van der Waals surface area contributed by atoms with E-state index in [2.05, 4.69) is 26.8 Å². The molecule has 3 aromatic rings. The van der Waals surface area contributed by atoms with Gasteiger partial charge in [-0.15, -0.1) is 5.92 Å². The van der Waals surface area contributed by atoms with Crippen LogP contribution in [0.1, 0.15) is 31.9 Å². The summed E-state index contributed by atoms with van der Waals surface area (Å²) in [5, 5.41) is 4.32. The quantitative estimate of drug-likeness (QED) is 0.665. The first-order chi connectivity index (χ1) is 13.3. The van der Waals surface area contributed by atoms with E-state index < -0.39 is 0 Å². The highest BCUT2D eigenvalue weighted by atomic mass is 16.1. The fraction of sp³-hybridized carbons (Fsp3) is 0.400. The summed E-state index contributed by atoms with van der Waals surface area (Å²) in [4.78, 5) is 24.4. The molecular formula is C20H22N6O. The van der Waals surface area contributed by atoms with Gasteiger partial charge in [-0.3, -0.25) is 14.3 Å². The highest BCUT2D eigenvalue weighted by molar-refractivity contribution is 5.77. The van der Waals surface area contributed by atoms with Gasteiger partial charge in [0, 0.05) is 19.3 Å². The molecule has 0 radical (unpaired) electrons. The number of pyridine rings is 1. The zero-order valence-corrected chi connectivity index (χ0v) is 15.4. The molecule has 138 valence electrons. The van der Waals surface area contributed by atoms with Crippen LogP contribution in [0.25, 0.3) is 11.0 Å². The van der Waals surface area contributed by atoms with E-state index in [-0.39, 0.29) is 5.56 Å². The summed E-state index contributed by atoms with van der Waals surface area (Å²) >= 11 is 0. The molecule has 4 rings (SSSR count). The first-order valence-corrected chi connectivity index (χ1v) is 9.29. The lowest BCUT2D eigenvalue weighted by Crippen LogP contribution is -2.32. The molecule has 3 aromatic heterocycles. The van der Waals surface area contributed by atoms with Crippen molar-refractivity contribution in [3.05, 3.63) is 46.6 Å². The second-order valence-corrected chi connectivity index (χ2v) is 6.63. The maximum absolute atomic E-state index is 13.2. The van der Waals surface area contributed by atoms with E-state index in [9.17, 15) is 4.79 Å². The molecule has 0 aliphatic carbocycles. The van der Waals surface area contributed by atoms with E-state index in [1.807, 2.05) is 22.8 Å². The van der Waals surface area contributed by atoms with Crippen molar-refractivity contribution in [3.63, 3.8) is 0 Å². The first-order valence-electron chi connectivity index (χ1n) is 9.29. The van der Waals surface area contributed by atoms with Gasteiger partial charge in [-0.1, -0.05) is 12.0 Å². The van der Waals surface area contributed by atoms with Crippen LogP contribution in [0.15, 0.2) is 35.4 Å². The Labute approximate surface area is 157 Å². The molecule has 1 fully saturated rings. The third kappa shape index (κ3) is 3.43. The average Bonchev–Trinajstić information content (AvgIpc) is 3.09. The van der Waals surface area contributed by atoms with Crippen LogP contribution in [0.2, 0.25) is 0 Å². The summed E-state index contributed by atoms with van der Waals surface area (Å²) in [6.45, 7) is 4.50. The summed E-state index contributed by atoms with van der Waals surface area (Å²) in [6, 6.07) is 5.64. The molecule has 1 saturated heterocycles. The van der Waals surface area contributed by atoms with Crippen molar-refractivity contribution in [2.75, 3.05) is 18.0 Å². The highest BCUT2D eigenvalue weighted by Gasteiger charge is 2.21. The Kier molecular flexibility index (Phi) is 4.88. The Hall–Kier alpha value is -3.14. The number of piperidine rings is 1. The number of fused-ring (bicyclic) bond motifs is 1. The van der Waals surface area contributed by atoms with Gasteiger partial charge in [-0.25, -0.2) is 9.67 Å². The van der Waals surface area contributed by atoms with E-state index in [4.69, 9.17) is 4.98 Å². The Bertz CT molecular complexity index is 1050. The molecule has 0 spiro atoms. The SMILES string of the molecule is CC#CCn1c(N2CCCCC2)nc2cnn(Cc3ccccn3)c(=O)c21. The van der Waals surface area contributed by atoms with E-state index in [0.29, 0.717) is 24.1 Å². The highest BCUT2D eigenvalue weighted by Crippen LogP contribution is 2.23. The van der Waals surface area contributed by atoms with Gasteiger partial charge < -0.3 is 4.90 Å². The Morgan fingerprint density at radius 1 is 1.19 bits per heavy atom. The van der Waals surface area contributed by atoms with E-state index in [1.165, 1.54) is 11.1 Å². The van der Waals surface area contributed by atoms with Crippen molar-refractivity contribution in [1.29, 1.82) is 0 Å². The van der Waals surface area contributed by atoms with Crippen LogP contribution in [0.4, 0.5) is 5.95 Å². The lowest BCUT2D eigenvalue weighted by Gasteiger charge is -2.27. The largest absolute Gasteiger partial charge is 0.342 e. The van der Waals surface area contributed by atoms with Crippen molar-refractivity contribution >= 4 is 17.0 Å². The zero-order valence-electron chi connectivity index (χ0n) is 15.4. The molecule has 0 atom stereocenters. The lowest BCUT2D eigenvalue weighted by atomic mass is 10.1. The maximum atomic E-state index is 13.2. The Balaban J connectivity index is 1.81. The second kappa shape index (κ2) is 7.62. The Morgan fingerprint density at radius 3 is 2.78 bits per heavy atom. The smallest absolute Gasteiger partial charge is 0.293 e. The molecule has 0 N–H and O–H groups in total. The van der Waals surface area contributed by atoms with Gasteiger partial charge >= 0.3 is 0 Å². The molecule has 27 heavy (non-hydrogen) atoms. The molecule has 7 nitrogen and oxygen atoms in total. The summed E-state index contributed by atoms with van der Waals surface area (Å²) in [6.07, 6.45) is 6.91. The zero-order chi connectivity index (χ0) is 18.6. The predicted molar refractivity (Wildman–Crippen MR) is 105 cm³/mol. The molecular weight excluding hydrogens is 340 g/mol. The minimum absolute atomic E-state index is 0.160. The van der Waals surface area contributed by atoms with Gasteiger partial charge in [0.1, 0.15) is 11.0 Å². The predicted octanol–water partition coefficient (Wildman–Crippen LogP) is 2.05. The monoisotopic (exact) mass is 362 g/mol. The van der Waals surface area contributed by atoms with Crippen LogP contribution in [0.5, 0.6) is 0 Å². The molecule has 4 heterocycles. The third-order valence-corrected chi connectivity index (χ3v) is 4.82. The second-order valence-electron chi connectivity index (χ2n) is 6.63. The van der Waals surface area contributed by atoms with Gasteiger partial charge in [0.2, 0.25) is 5.95 Å². The van der Waals surface area contributed by atoms with Crippen molar-refractivity contribution < 1.29 is 0 Å². The van der Waals surface area contributed by atoms with Crippen molar-refractivity contribution in [3.8, 4) is 11.8 Å². The molecule has 0 saturated carbocycles. The van der Waals surface area contributed by atoms with Crippen LogP contribution in [-0.4, -0.2) is 37.4 Å². The van der Waals surface area contributed by atoms with Crippen LogP contribution in [0.3, 0.4) is 0 Å². The number of anilines is 1. The normalized spacial score (nSPS) is 14.2. The summed E-state index contributed by atoms with van der Waals surface area (Å²) in [5.74, 6) is 6.83. The molecule has 0 amide bonds. The molecule has 0 bridgehead atoms. The number of hydrogen-bond acceptors (Lipinski definition) is 5. The van der Waals surface area contributed by atoms with Gasteiger partial charge in [0.15, 0.2) is 0 Å². The summed E-state index contributed by atoms with van der Waals surface area (Å²) in [7, 11) is 0. The molecule has 1 aliphatic rings. The Morgan fingerprint density at radius 2 is 2.04 bits per heavy atom. The molecule has 0 unspecified atom stereocenters. The van der Waals surface area contributed by atoms with Gasteiger partial charge in [0.25, 0.3) is 5.56 Å². The average molecular weight is 362 g/mol. The molecule has 7 heteroatoms. The van der Waals surface area contributed by atoms with Crippen LogP contribution < -0.4 is 10.5 Å². The van der Waals surface area contributed by atoms with Crippen molar-refractivity contribution in [1.82, 2.24) is 24.3 Å². The molecule has 0 aromatic carbocycles. The van der Waals surface area contributed by atoms with E-state index >= 15 is 0 Å². The van der Waals surface area contributed by atoms with Gasteiger partial charge in [-0.2, -0.15) is 5.10 Å². The van der Waals surface area contributed by atoms with E-state index in [0.717, 1.165) is 37.6 Å². The number of rotatable bonds is 4. The fourth-order valence-electron chi connectivity index (χ4n) is 3.47.